The van der Waals surface area contributed by atoms with E-state index >= 15 is 0 Å². The second-order valence-corrected chi connectivity index (χ2v) is 6.50. The largest absolute Gasteiger partial charge is 0.457 e. The normalized spacial score (nSPS) is 10.3. The predicted octanol–water partition coefficient (Wildman–Crippen LogP) is 5.46. The number of carbonyl (C=O) groups is 1. The molecule has 0 amide bonds. The fraction of sp³-hybridized carbons (Fsp3) is 0.0556. The Bertz CT molecular complexity index is 925. The third kappa shape index (κ3) is 4.19. The summed E-state index contributed by atoms with van der Waals surface area (Å²) >= 11 is 7.31. The van der Waals surface area contributed by atoms with Gasteiger partial charge in [0, 0.05) is 6.07 Å². The molecule has 1 heterocycles. The number of thiophene rings is 1. The minimum atomic E-state index is -0.556. The molecule has 0 N–H and O–H groups in total. The Morgan fingerprint density at radius 3 is 2.54 bits per heavy atom. The van der Waals surface area contributed by atoms with Gasteiger partial charge in [0.1, 0.15) is 17.2 Å². The molecule has 3 rings (SSSR count). The topological polar surface area (TPSA) is 78.7 Å². The highest BCUT2D eigenvalue weighted by Crippen LogP contribution is 2.37. The maximum absolute atomic E-state index is 11.8. The molecule has 0 fully saturated rings. The van der Waals surface area contributed by atoms with Crippen molar-refractivity contribution >= 4 is 34.6 Å². The van der Waals surface area contributed by atoms with Crippen molar-refractivity contribution in [1.82, 2.24) is 0 Å². The summed E-state index contributed by atoms with van der Waals surface area (Å²) in [7, 11) is 0. The Kier molecular flexibility index (Phi) is 5.50. The number of esters is 1. The first-order valence-corrected chi connectivity index (χ1v) is 8.70. The van der Waals surface area contributed by atoms with Crippen LogP contribution in [-0.4, -0.2) is 10.9 Å². The van der Waals surface area contributed by atoms with Crippen molar-refractivity contribution in [2.45, 2.75) is 6.61 Å². The number of nitro groups is 1. The molecular formula is C18H12ClNO5S. The van der Waals surface area contributed by atoms with Crippen LogP contribution in [0.5, 0.6) is 11.5 Å². The summed E-state index contributed by atoms with van der Waals surface area (Å²) in [5.41, 5.74) is 0.544. The van der Waals surface area contributed by atoms with E-state index in [0.29, 0.717) is 10.6 Å². The number of benzene rings is 2. The van der Waals surface area contributed by atoms with Gasteiger partial charge < -0.3 is 9.47 Å². The van der Waals surface area contributed by atoms with Crippen LogP contribution in [0, 0.1) is 10.1 Å². The molecule has 0 aliphatic carbocycles. The lowest BCUT2D eigenvalue weighted by molar-refractivity contribution is -0.385. The Balaban J connectivity index is 1.67. The summed E-state index contributed by atoms with van der Waals surface area (Å²) in [5, 5.41) is 13.0. The first-order chi connectivity index (χ1) is 12.5. The average Bonchev–Trinajstić information content (AvgIpc) is 3.17. The minimum Gasteiger partial charge on any atom is -0.457 e. The van der Waals surface area contributed by atoms with Crippen molar-refractivity contribution in [3.05, 3.63) is 85.6 Å². The number of hydrogen-bond acceptors (Lipinski definition) is 6. The Morgan fingerprint density at radius 1 is 1.12 bits per heavy atom. The van der Waals surface area contributed by atoms with Crippen LogP contribution in [0.2, 0.25) is 5.02 Å². The highest BCUT2D eigenvalue weighted by molar-refractivity contribution is 7.11. The van der Waals surface area contributed by atoms with Gasteiger partial charge in [0.05, 0.1) is 9.95 Å². The van der Waals surface area contributed by atoms with Crippen LogP contribution < -0.4 is 4.74 Å². The number of nitro benzene ring substituents is 1. The van der Waals surface area contributed by atoms with Crippen molar-refractivity contribution in [3.63, 3.8) is 0 Å². The summed E-state index contributed by atoms with van der Waals surface area (Å²) in [6.07, 6.45) is 0. The first kappa shape index (κ1) is 17.9. The van der Waals surface area contributed by atoms with Crippen LogP contribution in [0.25, 0.3) is 0 Å². The lowest BCUT2D eigenvalue weighted by Gasteiger charge is -2.09. The molecule has 0 radical (unpaired) electrons. The molecule has 0 atom stereocenters. The predicted molar refractivity (Wildman–Crippen MR) is 98.1 cm³/mol. The summed E-state index contributed by atoms with van der Waals surface area (Å²) in [5.74, 6) is -0.0161. The molecule has 2 aromatic carbocycles. The summed E-state index contributed by atoms with van der Waals surface area (Å²) in [6.45, 7) is 0.114. The molecule has 26 heavy (non-hydrogen) atoms. The first-order valence-electron chi connectivity index (χ1n) is 7.45. The molecule has 132 valence electrons. The third-order valence-electron chi connectivity index (χ3n) is 3.38. The van der Waals surface area contributed by atoms with Gasteiger partial charge in [-0.1, -0.05) is 35.9 Å². The fourth-order valence-electron chi connectivity index (χ4n) is 2.13. The Morgan fingerprint density at radius 2 is 1.88 bits per heavy atom. The summed E-state index contributed by atoms with van der Waals surface area (Å²) in [4.78, 5) is 22.9. The monoisotopic (exact) mass is 389 g/mol. The van der Waals surface area contributed by atoms with Gasteiger partial charge >= 0.3 is 11.7 Å². The van der Waals surface area contributed by atoms with Gasteiger partial charge in [-0.15, -0.1) is 11.3 Å². The van der Waals surface area contributed by atoms with E-state index in [1.54, 1.807) is 41.8 Å². The van der Waals surface area contributed by atoms with Crippen molar-refractivity contribution in [3.8, 4) is 11.5 Å². The molecular weight excluding hydrogens is 378 g/mol. The standard InChI is InChI=1S/C18H12ClNO5S/c19-14-3-1-4-15(20(22)23)17(14)25-13-8-6-12(7-9-13)11-24-18(21)16-5-2-10-26-16/h1-10H,11H2. The molecule has 0 saturated heterocycles. The molecule has 0 saturated carbocycles. The minimum absolute atomic E-state index is 0.0176. The molecule has 6 nitrogen and oxygen atoms in total. The number of carbonyl (C=O) groups excluding carboxylic acids is 1. The van der Waals surface area contributed by atoms with Crippen LogP contribution in [0.1, 0.15) is 15.2 Å². The molecule has 3 aromatic rings. The van der Waals surface area contributed by atoms with Crippen molar-refractivity contribution < 1.29 is 19.2 Å². The maximum Gasteiger partial charge on any atom is 0.348 e. The van der Waals surface area contributed by atoms with E-state index in [2.05, 4.69) is 0 Å². The van der Waals surface area contributed by atoms with Crippen LogP contribution in [0.3, 0.4) is 0 Å². The zero-order chi connectivity index (χ0) is 18.5. The van der Waals surface area contributed by atoms with Gasteiger partial charge in [0.15, 0.2) is 0 Å². The van der Waals surface area contributed by atoms with Crippen LogP contribution >= 0.6 is 22.9 Å². The number of ether oxygens (including phenoxy) is 2. The van der Waals surface area contributed by atoms with Gasteiger partial charge in [-0.05, 0) is 35.2 Å². The maximum atomic E-state index is 11.8. The average molecular weight is 390 g/mol. The molecule has 0 spiro atoms. The van der Waals surface area contributed by atoms with Crippen molar-refractivity contribution in [2.75, 3.05) is 0 Å². The number of hydrogen-bond donors (Lipinski definition) is 0. The van der Waals surface area contributed by atoms with Gasteiger partial charge in [-0.3, -0.25) is 10.1 Å². The van der Waals surface area contributed by atoms with E-state index in [1.807, 2.05) is 0 Å². The second kappa shape index (κ2) is 7.99. The fourth-order valence-corrected chi connectivity index (χ4v) is 2.95. The van der Waals surface area contributed by atoms with E-state index in [4.69, 9.17) is 21.1 Å². The molecule has 0 unspecified atom stereocenters. The molecule has 0 aliphatic heterocycles. The molecule has 0 bridgehead atoms. The smallest absolute Gasteiger partial charge is 0.348 e. The van der Waals surface area contributed by atoms with Gasteiger partial charge in [0.25, 0.3) is 0 Å². The van der Waals surface area contributed by atoms with Gasteiger partial charge in [0.2, 0.25) is 5.75 Å². The molecule has 8 heteroatoms. The van der Waals surface area contributed by atoms with Gasteiger partial charge in [-0.25, -0.2) is 4.79 Å². The van der Waals surface area contributed by atoms with Crippen LogP contribution in [-0.2, 0) is 11.3 Å². The SMILES string of the molecule is O=C(OCc1ccc(Oc2c(Cl)cccc2[N+](=O)[O-])cc1)c1cccs1. The lowest BCUT2D eigenvalue weighted by atomic mass is 10.2. The number of halogens is 1. The van der Waals surface area contributed by atoms with Crippen LogP contribution in [0.4, 0.5) is 5.69 Å². The third-order valence-corrected chi connectivity index (χ3v) is 4.53. The van der Waals surface area contributed by atoms with E-state index in [0.717, 1.165) is 5.56 Å². The highest BCUT2D eigenvalue weighted by atomic mass is 35.5. The van der Waals surface area contributed by atoms with E-state index < -0.39 is 4.92 Å². The highest BCUT2D eigenvalue weighted by Gasteiger charge is 2.19. The zero-order valence-corrected chi connectivity index (χ0v) is 14.8. The lowest BCUT2D eigenvalue weighted by Crippen LogP contribution is -2.03. The van der Waals surface area contributed by atoms with Crippen molar-refractivity contribution in [2.24, 2.45) is 0 Å². The van der Waals surface area contributed by atoms with Gasteiger partial charge in [-0.2, -0.15) is 0 Å². The summed E-state index contributed by atoms with van der Waals surface area (Å²) in [6, 6.07) is 14.5. The number of rotatable bonds is 6. The Hall–Kier alpha value is -2.90. The van der Waals surface area contributed by atoms with E-state index in [1.165, 1.54) is 29.5 Å². The van der Waals surface area contributed by atoms with E-state index in [9.17, 15) is 14.9 Å². The molecule has 0 aliphatic rings. The van der Waals surface area contributed by atoms with Crippen LogP contribution in [0.15, 0.2) is 60.0 Å². The number of para-hydroxylation sites is 1. The quantitative estimate of drug-likeness (QED) is 0.318. The number of nitrogens with zero attached hydrogens (tertiary/aromatic N) is 1. The van der Waals surface area contributed by atoms with E-state index in [-0.39, 0.29) is 29.0 Å². The molecule has 1 aromatic heterocycles. The summed E-state index contributed by atoms with van der Waals surface area (Å²) < 4.78 is 10.8. The second-order valence-electron chi connectivity index (χ2n) is 5.14. The Labute approximate surface area is 157 Å². The van der Waals surface area contributed by atoms with Crippen molar-refractivity contribution in [1.29, 1.82) is 0 Å². The zero-order valence-electron chi connectivity index (χ0n) is 13.3.